The van der Waals surface area contributed by atoms with Crippen LogP contribution in [0.3, 0.4) is 0 Å². The summed E-state index contributed by atoms with van der Waals surface area (Å²) in [6.45, 7) is 1.60. The van der Waals surface area contributed by atoms with E-state index < -0.39 is 0 Å². The molecule has 0 aromatic carbocycles. The molecule has 2 nitrogen and oxygen atoms in total. The third kappa shape index (κ3) is 2.54. The molecule has 1 aliphatic carbocycles. The van der Waals surface area contributed by atoms with Gasteiger partial charge in [0, 0.05) is 0 Å². The van der Waals surface area contributed by atoms with E-state index >= 15 is 0 Å². The molecule has 4 heteroatoms. The van der Waals surface area contributed by atoms with Crippen molar-refractivity contribution in [3.63, 3.8) is 0 Å². The van der Waals surface area contributed by atoms with Crippen molar-refractivity contribution in [2.45, 2.75) is 25.7 Å². The zero-order chi connectivity index (χ0) is 8.16. The molecule has 2 N–H and O–H groups in total. The van der Waals surface area contributed by atoms with Gasteiger partial charge in [-0.1, -0.05) is 18.1 Å². The van der Waals surface area contributed by atoms with Crippen LogP contribution < -0.4 is 5.73 Å². The van der Waals surface area contributed by atoms with Gasteiger partial charge in [0.15, 0.2) is 0 Å². The predicted molar refractivity (Wildman–Crippen MR) is 52.5 cm³/mol. The molecule has 0 aromatic heterocycles. The Labute approximate surface area is 77.3 Å². The summed E-state index contributed by atoms with van der Waals surface area (Å²) < 4.78 is 5.09. The predicted octanol–water partition coefficient (Wildman–Crippen LogP) is 2.02. The fourth-order valence-electron chi connectivity index (χ4n) is 1.53. The van der Waals surface area contributed by atoms with Crippen LogP contribution in [0.4, 0.5) is 0 Å². The molecule has 1 fully saturated rings. The van der Waals surface area contributed by atoms with Crippen LogP contribution in [0.25, 0.3) is 0 Å². The van der Waals surface area contributed by atoms with E-state index in [-0.39, 0.29) is 0 Å². The van der Waals surface area contributed by atoms with Gasteiger partial charge in [-0.05, 0) is 31.2 Å². The molecule has 1 saturated carbocycles. The average Bonchev–Trinajstić information content (AvgIpc) is 1.95. The number of rotatable bonds is 5. The van der Waals surface area contributed by atoms with Crippen molar-refractivity contribution >= 4 is 22.7 Å². The van der Waals surface area contributed by atoms with Crippen molar-refractivity contribution in [1.29, 1.82) is 0 Å². The summed E-state index contributed by atoms with van der Waals surface area (Å²) in [5.74, 6) is 0. The molecule has 0 bridgehead atoms. The molecule has 0 radical (unpaired) electrons. The summed E-state index contributed by atoms with van der Waals surface area (Å²) in [6, 6.07) is 0. The molecule has 66 valence electrons. The van der Waals surface area contributed by atoms with Gasteiger partial charge in [-0.25, -0.2) is 0 Å². The standard InChI is InChI=1S/C7H15NOS2/c8-6-7(2-1-3-7)4-5-9-11-10/h10H,1-6,8H2. The zero-order valence-electron chi connectivity index (χ0n) is 6.58. The minimum absolute atomic E-state index is 0.420. The van der Waals surface area contributed by atoms with Gasteiger partial charge in [0.2, 0.25) is 0 Å². The van der Waals surface area contributed by atoms with Gasteiger partial charge in [0.05, 0.1) is 17.7 Å². The minimum atomic E-state index is 0.420. The molecule has 0 amide bonds. The SMILES string of the molecule is NCC1(CCOSS)CCC1. The van der Waals surface area contributed by atoms with E-state index in [0.717, 1.165) is 30.6 Å². The second-order valence-corrected chi connectivity index (χ2v) is 4.04. The van der Waals surface area contributed by atoms with E-state index in [4.69, 9.17) is 9.92 Å². The Balaban J connectivity index is 2.11. The first-order valence-electron chi connectivity index (χ1n) is 3.96. The van der Waals surface area contributed by atoms with Crippen LogP contribution in [0.15, 0.2) is 0 Å². The Bertz CT molecular complexity index is 111. The summed E-state index contributed by atoms with van der Waals surface area (Å²) >= 11 is 5.03. The van der Waals surface area contributed by atoms with Crippen molar-refractivity contribution < 1.29 is 4.18 Å². The first-order valence-corrected chi connectivity index (χ1v) is 5.75. The Kier molecular flexibility index (Phi) is 4.06. The highest BCUT2D eigenvalue weighted by atomic mass is 33.1. The molecule has 0 unspecified atom stereocenters. The van der Waals surface area contributed by atoms with Gasteiger partial charge in [-0.15, -0.1) is 0 Å². The second kappa shape index (κ2) is 4.60. The first kappa shape index (κ1) is 9.71. The fraction of sp³-hybridized carbons (Fsp3) is 1.00. The van der Waals surface area contributed by atoms with E-state index in [9.17, 15) is 0 Å². The van der Waals surface area contributed by atoms with E-state index in [0.29, 0.717) is 5.41 Å². The summed E-state index contributed by atoms with van der Waals surface area (Å²) in [7, 11) is 0. The second-order valence-electron chi connectivity index (χ2n) is 3.20. The fourth-order valence-corrected chi connectivity index (χ4v) is 1.91. The van der Waals surface area contributed by atoms with Crippen molar-refractivity contribution in [3.05, 3.63) is 0 Å². The van der Waals surface area contributed by atoms with E-state index in [1.54, 1.807) is 0 Å². The molecule has 0 spiro atoms. The van der Waals surface area contributed by atoms with Gasteiger partial charge in [-0.2, -0.15) is 0 Å². The zero-order valence-corrected chi connectivity index (χ0v) is 8.29. The maximum Gasteiger partial charge on any atom is 0.0629 e. The third-order valence-corrected chi connectivity index (χ3v) is 3.20. The first-order chi connectivity index (χ1) is 5.33. The summed E-state index contributed by atoms with van der Waals surface area (Å²) in [4.78, 5) is 0. The van der Waals surface area contributed by atoms with Crippen LogP contribution in [-0.4, -0.2) is 13.2 Å². The molecule has 11 heavy (non-hydrogen) atoms. The lowest BCUT2D eigenvalue weighted by atomic mass is 9.67. The van der Waals surface area contributed by atoms with Gasteiger partial charge < -0.3 is 9.92 Å². The van der Waals surface area contributed by atoms with Gasteiger partial charge in [0.25, 0.3) is 0 Å². The van der Waals surface area contributed by atoms with E-state index in [2.05, 4.69) is 11.7 Å². The quantitative estimate of drug-likeness (QED) is 0.303. The van der Waals surface area contributed by atoms with Crippen LogP contribution in [0.2, 0.25) is 0 Å². The molecular formula is C7H15NOS2. The van der Waals surface area contributed by atoms with E-state index in [1.807, 2.05) is 0 Å². The molecule has 1 aliphatic rings. The molecule has 1 rings (SSSR count). The van der Waals surface area contributed by atoms with Gasteiger partial charge in [-0.3, -0.25) is 0 Å². The van der Waals surface area contributed by atoms with Crippen molar-refractivity contribution in [2.24, 2.45) is 11.1 Å². The summed E-state index contributed by atoms with van der Waals surface area (Å²) in [5.41, 5.74) is 6.09. The average molecular weight is 193 g/mol. The molecular weight excluding hydrogens is 178 g/mol. The van der Waals surface area contributed by atoms with Crippen molar-refractivity contribution in [2.75, 3.05) is 13.2 Å². The number of hydrogen-bond acceptors (Lipinski definition) is 4. The molecule has 0 heterocycles. The summed E-state index contributed by atoms with van der Waals surface area (Å²) in [5, 5.41) is 0. The minimum Gasteiger partial charge on any atom is -0.330 e. The molecule has 0 saturated heterocycles. The largest absolute Gasteiger partial charge is 0.330 e. The summed E-state index contributed by atoms with van der Waals surface area (Å²) in [6.07, 6.45) is 5.00. The molecule has 0 aromatic rings. The van der Waals surface area contributed by atoms with Crippen molar-refractivity contribution in [1.82, 2.24) is 0 Å². The van der Waals surface area contributed by atoms with Crippen LogP contribution in [0, 0.1) is 5.41 Å². The van der Waals surface area contributed by atoms with Crippen LogP contribution in [-0.2, 0) is 4.18 Å². The van der Waals surface area contributed by atoms with Crippen LogP contribution in [0.1, 0.15) is 25.7 Å². The monoisotopic (exact) mass is 193 g/mol. The smallest absolute Gasteiger partial charge is 0.0629 e. The highest BCUT2D eigenvalue weighted by molar-refractivity contribution is 8.66. The maximum atomic E-state index is 5.67. The normalized spacial score (nSPS) is 21.3. The Morgan fingerprint density at radius 3 is 2.64 bits per heavy atom. The van der Waals surface area contributed by atoms with Crippen LogP contribution in [0.5, 0.6) is 0 Å². The van der Waals surface area contributed by atoms with Gasteiger partial charge >= 0.3 is 0 Å². The number of nitrogens with two attached hydrogens (primary N) is 1. The topological polar surface area (TPSA) is 35.2 Å². The maximum absolute atomic E-state index is 5.67. The van der Waals surface area contributed by atoms with Crippen molar-refractivity contribution in [3.8, 4) is 0 Å². The highest BCUT2D eigenvalue weighted by Gasteiger charge is 2.34. The van der Waals surface area contributed by atoms with E-state index in [1.165, 1.54) is 19.3 Å². The third-order valence-electron chi connectivity index (χ3n) is 2.62. The Morgan fingerprint density at radius 2 is 2.27 bits per heavy atom. The highest BCUT2D eigenvalue weighted by Crippen LogP contribution is 2.42. The molecule has 0 aliphatic heterocycles. The number of thiol groups is 1. The number of hydrogen-bond donors (Lipinski definition) is 2. The lowest BCUT2D eigenvalue weighted by Gasteiger charge is -2.40. The molecule has 0 atom stereocenters. The lowest BCUT2D eigenvalue weighted by Crippen LogP contribution is -2.37. The van der Waals surface area contributed by atoms with Gasteiger partial charge in [0.1, 0.15) is 0 Å². The Morgan fingerprint density at radius 1 is 1.55 bits per heavy atom. The Hall–Kier alpha value is 0.620. The van der Waals surface area contributed by atoms with Crippen LogP contribution >= 0.6 is 22.7 Å². The lowest BCUT2D eigenvalue weighted by molar-refractivity contribution is 0.109.